The molecule has 2 rings (SSSR count). The van der Waals surface area contributed by atoms with Gasteiger partial charge in [-0.2, -0.15) is 0 Å². The van der Waals surface area contributed by atoms with E-state index in [2.05, 4.69) is 10.0 Å². The van der Waals surface area contributed by atoms with Crippen LogP contribution in [0.25, 0.3) is 0 Å². The van der Waals surface area contributed by atoms with E-state index in [-0.39, 0.29) is 23.3 Å². The largest absolute Gasteiger partial charge is 0.481 e. The number of sulfonamides is 1. The van der Waals surface area contributed by atoms with Gasteiger partial charge in [0, 0.05) is 19.0 Å². The maximum Gasteiger partial charge on any atom is 0.303 e. The van der Waals surface area contributed by atoms with Crippen LogP contribution >= 0.6 is 0 Å². The Balaban J connectivity index is 2.07. The molecule has 0 saturated heterocycles. The van der Waals surface area contributed by atoms with Gasteiger partial charge in [-0.1, -0.05) is 19.1 Å². The van der Waals surface area contributed by atoms with Gasteiger partial charge in [0.2, 0.25) is 10.0 Å². The third-order valence-electron chi connectivity index (χ3n) is 3.24. The van der Waals surface area contributed by atoms with Crippen molar-refractivity contribution in [1.82, 2.24) is 4.72 Å². The van der Waals surface area contributed by atoms with Gasteiger partial charge >= 0.3 is 5.97 Å². The van der Waals surface area contributed by atoms with E-state index in [1.54, 1.807) is 31.2 Å². The lowest BCUT2D eigenvalue weighted by atomic mass is 10.1. The predicted octanol–water partition coefficient (Wildman–Crippen LogP) is 1.65. The zero-order chi connectivity index (χ0) is 15.5. The molecule has 1 aromatic carbocycles. The highest BCUT2D eigenvalue weighted by atomic mass is 32.2. The van der Waals surface area contributed by atoms with Gasteiger partial charge in [-0.15, -0.1) is 0 Å². The summed E-state index contributed by atoms with van der Waals surface area (Å²) in [6.45, 7) is 2.21. The second-order valence-electron chi connectivity index (χ2n) is 5.48. The summed E-state index contributed by atoms with van der Waals surface area (Å²) in [5, 5.41) is 11.8. The van der Waals surface area contributed by atoms with E-state index >= 15 is 0 Å². The molecule has 1 aliphatic rings. The van der Waals surface area contributed by atoms with E-state index in [1.165, 1.54) is 0 Å². The number of carbonyl (C=O) groups is 1. The number of benzene rings is 1. The number of aliphatic carboxylic acids is 1. The Hall–Kier alpha value is -1.60. The van der Waals surface area contributed by atoms with Gasteiger partial charge in [-0.05, 0) is 30.9 Å². The summed E-state index contributed by atoms with van der Waals surface area (Å²) in [6, 6.07) is 6.71. The SMILES string of the molecule is CC(CNc1ccccc1S(=O)(=O)NC1CC1)CC(=O)O. The Morgan fingerprint density at radius 2 is 2.05 bits per heavy atom. The van der Waals surface area contributed by atoms with Crippen LogP contribution in [0, 0.1) is 5.92 Å². The Morgan fingerprint density at radius 1 is 1.38 bits per heavy atom. The quantitative estimate of drug-likeness (QED) is 0.678. The monoisotopic (exact) mass is 312 g/mol. The van der Waals surface area contributed by atoms with E-state index in [1.807, 2.05) is 0 Å². The number of hydrogen-bond donors (Lipinski definition) is 3. The Bertz CT molecular complexity index is 611. The lowest BCUT2D eigenvalue weighted by Crippen LogP contribution is -2.27. The molecule has 0 aromatic heterocycles. The van der Waals surface area contributed by atoms with Gasteiger partial charge in [-0.25, -0.2) is 13.1 Å². The van der Waals surface area contributed by atoms with Crippen LogP contribution in [-0.4, -0.2) is 32.1 Å². The van der Waals surface area contributed by atoms with Crippen molar-refractivity contribution in [2.24, 2.45) is 5.92 Å². The highest BCUT2D eigenvalue weighted by Crippen LogP contribution is 2.26. The molecule has 7 heteroatoms. The van der Waals surface area contributed by atoms with Gasteiger partial charge in [0.05, 0.1) is 5.69 Å². The molecule has 3 N–H and O–H groups in total. The number of carboxylic acids is 1. The van der Waals surface area contributed by atoms with Crippen LogP contribution in [0.4, 0.5) is 5.69 Å². The van der Waals surface area contributed by atoms with Crippen molar-refractivity contribution in [3.63, 3.8) is 0 Å². The summed E-state index contributed by atoms with van der Waals surface area (Å²) in [5.41, 5.74) is 0.503. The molecule has 21 heavy (non-hydrogen) atoms. The lowest BCUT2D eigenvalue weighted by Gasteiger charge is -2.15. The van der Waals surface area contributed by atoms with Crippen LogP contribution in [0.3, 0.4) is 0 Å². The van der Waals surface area contributed by atoms with Crippen LogP contribution < -0.4 is 10.0 Å². The molecular formula is C14H20N2O4S. The maximum atomic E-state index is 12.3. The Labute approximate surface area is 124 Å². The molecule has 0 spiro atoms. The number of carboxylic acid groups (broad SMARTS) is 1. The van der Waals surface area contributed by atoms with E-state index in [0.29, 0.717) is 12.2 Å². The van der Waals surface area contributed by atoms with Crippen LogP contribution in [0.1, 0.15) is 26.2 Å². The zero-order valence-electron chi connectivity index (χ0n) is 11.9. The van der Waals surface area contributed by atoms with Crippen molar-refractivity contribution in [2.75, 3.05) is 11.9 Å². The van der Waals surface area contributed by atoms with Crippen molar-refractivity contribution in [3.05, 3.63) is 24.3 Å². The van der Waals surface area contributed by atoms with Crippen molar-refractivity contribution >= 4 is 21.7 Å². The van der Waals surface area contributed by atoms with E-state index in [0.717, 1.165) is 12.8 Å². The average molecular weight is 312 g/mol. The van der Waals surface area contributed by atoms with Gasteiger partial charge in [-0.3, -0.25) is 4.79 Å². The molecule has 1 fully saturated rings. The summed E-state index contributed by atoms with van der Waals surface area (Å²) in [4.78, 5) is 10.8. The van der Waals surface area contributed by atoms with E-state index < -0.39 is 16.0 Å². The number of rotatable bonds is 8. The van der Waals surface area contributed by atoms with Crippen LogP contribution in [0.2, 0.25) is 0 Å². The summed E-state index contributed by atoms with van der Waals surface area (Å²) in [6.07, 6.45) is 1.80. The van der Waals surface area contributed by atoms with Crippen molar-refractivity contribution in [2.45, 2.75) is 37.1 Å². The fourth-order valence-corrected chi connectivity index (χ4v) is 3.47. The van der Waals surface area contributed by atoms with Crippen LogP contribution in [0.5, 0.6) is 0 Å². The summed E-state index contributed by atoms with van der Waals surface area (Å²) < 4.78 is 27.2. The zero-order valence-corrected chi connectivity index (χ0v) is 12.7. The molecule has 6 nitrogen and oxygen atoms in total. The molecule has 116 valence electrons. The first kappa shape index (κ1) is 15.8. The Kier molecular flexibility index (Phi) is 4.84. The maximum absolute atomic E-state index is 12.3. The first-order valence-electron chi connectivity index (χ1n) is 6.95. The number of hydrogen-bond acceptors (Lipinski definition) is 4. The molecule has 1 aromatic rings. The second kappa shape index (κ2) is 6.44. The Morgan fingerprint density at radius 3 is 2.67 bits per heavy atom. The minimum absolute atomic E-state index is 0.0439. The fraction of sp³-hybridized carbons (Fsp3) is 0.500. The first-order valence-corrected chi connectivity index (χ1v) is 8.44. The second-order valence-corrected chi connectivity index (χ2v) is 7.16. The van der Waals surface area contributed by atoms with Gasteiger partial charge < -0.3 is 10.4 Å². The minimum Gasteiger partial charge on any atom is -0.481 e. The average Bonchev–Trinajstić information content (AvgIpc) is 3.19. The number of anilines is 1. The van der Waals surface area contributed by atoms with Gasteiger partial charge in [0.25, 0.3) is 0 Å². The topological polar surface area (TPSA) is 95.5 Å². The van der Waals surface area contributed by atoms with E-state index in [4.69, 9.17) is 5.11 Å². The van der Waals surface area contributed by atoms with Crippen LogP contribution in [-0.2, 0) is 14.8 Å². The summed E-state index contributed by atoms with van der Waals surface area (Å²) in [7, 11) is -3.53. The number of nitrogens with one attached hydrogen (secondary N) is 2. The summed E-state index contributed by atoms with van der Waals surface area (Å²) in [5.74, 6) is -0.949. The molecule has 0 amide bonds. The first-order chi connectivity index (χ1) is 9.88. The fourth-order valence-electron chi connectivity index (χ4n) is 1.99. The third-order valence-corrected chi connectivity index (χ3v) is 4.82. The standard InChI is InChI=1S/C14H20N2O4S/c1-10(8-14(17)18)9-15-12-4-2-3-5-13(12)21(19,20)16-11-6-7-11/h2-5,10-11,15-16H,6-9H2,1H3,(H,17,18). The van der Waals surface area contributed by atoms with Gasteiger partial charge in [0.1, 0.15) is 4.90 Å². The molecular weight excluding hydrogens is 292 g/mol. The highest BCUT2D eigenvalue weighted by Gasteiger charge is 2.29. The van der Waals surface area contributed by atoms with Crippen molar-refractivity contribution < 1.29 is 18.3 Å². The molecule has 1 atom stereocenters. The molecule has 1 unspecified atom stereocenters. The van der Waals surface area contributed by atoms with Gasteiger partial charge in [0.15, 0.2) is 0 Å². The molecule has 1 saturated carbocycles. The molecule has 1 aliphatic carbocycles. The minimum atomic E-state index is -3.53. The normalized spacial score (nSPS) is 16.4. The number of para-hydroxylation sites is 1. The summed E-state index contributed by atoms with van der Waals surface area (Å²) >= 11 is 0. The molecule has 0 aliphatic heterocycles. The molecule has 0 bridgehead atoms. The van der Waals surface area contributed by atoms with Crippen molar-refractivity contribution in [3.8, 4) is 0 Å². The van der Waals surface area contributed by atoms with Crippen LogP contribution in [0.15, 0.2) is 29.2 Å². The predicted molar refractivity (Wildman–Crippen MR) is 79.7 cm³/mol. The molecule has 0 radical (unpaired) electrons. The highest BCUT2D eigenvalue weighted by molar-refractivity contribution is 7.89. The molecule has 0 heterocycles. The smallest absolute Gasteiger partial charge is 0.303 e. The van der Waals surface area contributed by atoms with Crippen molar-refractivity contribution in [1.29, 1.82) is 0 Å². The lowest BCUT2D eigenvalue weighted by molar-refractivity contribution is -0.137. The third kappa shape index (κ3) is 4.71. The van der Waals surface area contributed by atoms with E-state index in [9.17, 15) is 13.2 Å².